The molecule has 0 saturated carbocycles. The lowest BCUT2D eigenvalue weighted by Gasteiger charge is -2.29. The van der Waals surface area contributed by atoms with Gasteiger partial charge >= 0.3 is 6.18 Å². The number of hydrogen-bond acceptors (Lipinski definition) is 4. The zero-order chi connectivity index (χ0) is 19.1. The highest BCUT2D eigenvalue weighted by Gasteiger charge is 2.36. The van der Waals surface area contributed by atoms with Gasteiger partial charge in [-0.15, -0.1) is 11.3 Å². The lowest BCUT2D eigenvalue weighted by atomic mass is 10.1. The third kappa shape index (κ3) is 3.54. The van der Waals surface area contributed by atoms with Crippen LogP contribution >= 0.6 is 23.6 Å². The van der Waals surface area contributed by atoms with Crippen molar-refractivity contribution in [1.82, 2.24) is 5.32 Å². The summed E-state index contributed by atoms with van der Waals surface area (Å²) in [6.07, 6.45) is -3.16. The van der Waals surface area contributed by atoms with E-state index in [2.05, 4.69) is 5.32 Å². The normalized spacial score (nSPS) is 17.0. The number of halogens is 3. The second-order valence-corrected chi connectivity index (χ2v) is 7.16. The van der Waals surface area contributed by atoms with Gasteiger partial charge in [-0.2, -0.15) is 13.2 Å². The standard InChI is InChI=1S/C17H11F3N2O2S2/c1-9-5-6-12(26-9)8-13-14(23)21-16(25)22(15(13)24)11-4-2-3-10(7-11)17(18,19)20/h2-8H,1H3,(H,21,23,25)/b13-8+. The van der Waals surface area contributed by atoms with Crippen molar-refractivity contribution in [3.8, 4) is 0 Å². The third-order valence-electron chi connectivity index (χ3n) is 3.58. The molecule has 1 saturated heterocycles. The van der Waals surface area contributed by atoms with Gasteiger partial charge in [0.2, 0.25) is 0 Å². The fourth-order valence-electron chi connectivity index (χ4n) is 2.39. The summed E-state index contributed by atoms with van der Waals surface area (Å²) in [5.74, 6) is -1.46. The van der Waals surface area contributed by atoms with Crippen LogP contribution < -0.4 is 10.2 Å². The second kappa shape index (κ2) is 6.65. The molecular weight excluding hydrogens is 385 g/mol. The Morgan fingerprint density at radius 1 is 1.19 bits per heavy atom. The summed E-state index contributed by atoms with van der Waals surface area (Å²) < 4.78 is 38.8. The summed E-state index contributed by atoms with van der Waals surface area (Å²) in [5.41, 5.74) is -1.18. The molecule has 2 aromatic rings. The fourth-order valence-corrected chi connectivity index (χ4v) is 3.49. The van der Waals surface area contributed by atoms with Gasteiger partial charge < -0.3 is 0 Å². The summed E-state index contributed by atoms with van der Waals surface area (Å²) >= 11 is 6.37. The van der Waals surface area contributed by atoms with Gasteiger partial charge in [0.1, 0.15) is 5.57 Å². The van der Waals surface area contributed by atoms with Crippen LogP contribution in [0, 0.1) is 6.92 Å². The van der Waals surface area contributed by atoms with Crippen molar-refractivity contribution in [3.63, 3.8) is 0 Å². The van der Waals surface area contributed by atoms with E-state index in [1.165, 1.54) is 29.5 Å². The first kappa shape index (κ1) is 18.3. The number of alkyl halides is 3. The Labute approximate surface area is 155 Å². The molecule has 1 aromatic heterocycles. The van der Waals surface area contributed by atoms with Crippen molar-refractivity contribution >= 4 is 52.2 Å². The number of thiophene rings is 1. The number of benzene rings is 1. The van der Waals surface area contributed by atoms with Crippen LogP contribution in [-0.2, 0) is 15.8 Å². The number of amides is 2. The average Bonchev–Trinajstić information content (AvgIpc) is 2.96. The maximum absolute atomic E-state index is 12.9. The first-order valence-corrected chi connectivity index (χ1v) is 8.54. The van der Waals surface area contributed by atoms with Crippen molar-refractivity contribution < 1.29 is 22.8 Å². The maximum Gasteiger partial charge on any atom is 0.416 e. The summed E-state index contributed by atoms with van der Waals surface area (Å²) in [7, 11) is 0. The molecule has 4 nitrogen and oxygen atoms in total. The van der Waals surface area contributed by atoms with Gasteiger partial charge in [0.15, 0.2) is 5.11 Å². The van der Waals surface area contributed by atoms with Crippen LogP contribution in [0.4, 0.5) is 18.9 Å². The van der Waals surface area contributed by atoms with Crippen molar-refractivity contribution in [3.05, 3.63) is 57.3 Å². The Kier molecular flexibility index (Phi) is 4.68. The Balaban J connectivity index is 2.02. The Bertz CT molecular complexity index is 947. The quantitative estimate of drug-likeness (QED) is 0.476. The van der Waals surface area contributed by atoms with Gasteiger partial charge in [0.05, 0.1) is 11.3 Å². The van der Waals surface area contributed by atoms with Crippen LogP contribution in [-0.4, -0.2) is 16.9 Å². The van der Waals surface area contributed by atoms with E-state index in [1.54, 1.807) is 6.07 Å². The zero-order valence-electron chi connectivity index (χ0n) is 13.3. The van der Waals surface area contributed by atoms with Gasteiger partial charge in [-0.3, -0.25) is 19.8 Å². The van der Waals surface area contributed by atoms with Crippen LogP contribution in [0.2, 0.25) is 0 Å². The number of anilines is 1. The SMILES string of the molecule is Cc1ccc(/C=C2\C(=O)NC(=S)N(c3cccc(C(F)(F)F)c3)C2=O)s1. The number of nitrogens with one attached hydrogen (secondary N) is 1. The van der Waals surface area contributed by atoms with Crippen molar-refractivity contribution in [2.45, 2.75) is 13.1 Å². The molecule has 0 bridgehead atoms. The summed E-state index contributed by atoms with van der Waals surface area (Å²) in [4.78, 5) is 27.4. The van der Waals surface area contributed by atoms with E-state index in [0.29, 0.717) is 4.88 Å². The lowest BCUT2D eigenvalue weighted by molar-refractivity contribution is -0.137. The van der Waals surface area contributed by atoms with Gasteiger partial charge in [-0.05, 0) is 55.5 Å². The average molecular weight is 396 g/mol. The van der Waals surface area contributed by atoms with E-state index in [0.717, 1.165) is 21.9 Å². The Hall–Kier alpha value is -2.52. The molecule has 0 unspecified atom stereocenters. The number of aryl methyl sites for hydroxylation is 1. The molecule has 0 radical (unpaired) electrons. The molecule has 1 aliphatic heterocycles. The molecule has 0 spiro atoms. The first-order valence-electron chi connectivity index (χ1n) is 7.32. The molecule has 3 rings (SSSR count). The molecule has 1 aromatic carbocycles. The van der Waals surface area contributed by atoms with E-state index in [9.17, 15) is 22.8 Å². The topological polar surface area (TPSA) is 49.4 Å². The van der Waals surface area contributed by atoms with E-state index in [1.807, 2.05) is 13.0 Å². The predicted octanol–water partition coefficient (Wildman–Crippen LogP) is 3.91. The minimum absolute atomic E-state index is 0.0666. The molecule has 1 N–H and O–H groups in total. The monoisotopic (exact) mass is 396 g/mol. The summed E-state index contributed by atoms with van der Waals surface area (Å²) in [5, 5.41) is 2.08. The van der Waals surface area contributed by atoms with E-state index >= 15 is 0 Å². The van der Waals surface area contributed by atoms with Crippen LogP contribution in [0.15, 0.2) is 42.0 Å². The van der Waals surface area contributed by atoms with Crippen molar-refractivity contribution in [2.24, 2.45) is 0 Å². The molecule has 134 valence electrons. The number of nitrogens with zero attached hydrogens (tertiary/aromatic N) is 1. The minimum Gasteiger partial charge on any atom is -0.298 e. The fraction of sp³-hybridized carbons (Fsp3) is 0.118. The zero-order valence-corrected chi connectivity index (χ0v) is 14.9. The molecule has 26 heavy (non-hydrogen) atoms. The summed E-state index contributed by atoms with van der Waals surface area (Å²) in [6.45, 7) is 1.87. The Morgan fingerprint density at radius 2 is 1.92 bits per heavy atom. The molecule has 1 aliphatic rings. The van der Waals surface area contributed by atoms with Gasteiger partial charge in [-0.1, -0.05) is 6.07 Å². The summed E-state index contributed by atoms with van der Waals surface area (Å²) in [6, 6.07) is 7.78. The molecule has 0 aliphatic carbocycles. The highest BCUT2D eigenvalue weighted by Crippen LogP contribution is 2.32. The highest BCUT2D eigenvalue weighted by atomic mass is 32.1. The molecule has 0 atom stereocenters. The van der Waals surface area contributed by atoms with E-state index in [4.69, 9.17) is 12.2 Å². The predicted molar refractivity (Wildman–Crippen MR) is 96.7 cm³/mol. The Morgan fingerprint density at radius 3 is 2.54 bits per heavy atom. The van der Waals surface area contributed by atoms with Crippen molar-refractivity contribution in [2.75, 3.05) is 4.90 Å². The molecule has 2 amide bonds. The highest BCUT2D eigenvalue weighted by molar-refractivity contribution is 7.80. The number of carbonyl (C=O) groups is 2. The van der Waals surface area contributed by atoms with Crippen LogP contribution in [0.1, 0.15) is 15.3 Å². The van der Waals surface area contributed by atoms with Gasteiger partial charge in [-0.25, -0.2) is 0 Å². The first-order chi connectivity index (χ1) is 12.2. The van der Waals surface area contributed by atoms with Gasteiger partial charge in [0, 0.05) is 9.75 Å². The van der Waals surface area contributed by atoms with Crippen LogP contribution in [0.5, 0.6) is 0 Å². The number of carbonyl (C=O) groups excluding carboxylic acids is 2. The number of rotatable bonds is 2. The number of thiocarbonyl (C=S) groups is 1. The lowest BCUT2D eigenvalue weighted by Crippen LogP contribution is -2.54. The van der Waals surface area contributed by atoms with Crippen molar-refractivity contribution in [1.29, 1.82) is 0 Å². The molecule has 9 heteroatoms. The largest absolute Gasteiger partial charge is 0.416 e. The minimum atomic E-state index is -4.56. The smallest absolute Gasteiger partial charge is 0.298 e. The maximum atomic E-state index is 12.9. The van der Waals surface area contributed by atoms with Crippen LogP contribution in [0.3, 0.4) is 0 Å². The van der Waals surface area contributed by atoms with E-state index < -0.39 is 23.6 Å². The molecule has 2 heterocycles. The molecular formula is C17H11F3N2O2S2. The third-order valence-corrected chi connectivity index (χ3v) is 4.81. The van der Waals surface area contributed by atoms with E-state index in [-0.39, 0.29) is 16.4 Å². The second-order valence-electron chi connectivity index (χ2n) is 5.45. The number of hydrogen-bond donors (Lipinski definition) is 1. The van der Waals surface area contributed by atoms with Gasteiger partial charge in [0.25, 0.3) is 11.8 Å². The van der Waals surface area contributed by atoms with Crippen LogP contribution in [0.25, 0.3) is 6.08 Å². The molecule has 1 fully saturated rings.